The highest BCUT2D eigenvalue weighted by molar-refractivity contribution is 7.91. The van der Waals surface area contributed by atoms with Gasteiger partial charge in [0.2, 0.25) is 21.8 Å². The van der Waals surface area contributed by atoms with Gasteiger partial charge in [-0.3, -0.25) is 19.1 Å². The molecule has 2 saturated carbocycles. The molecule has 3 heterocycles. The minimum atomic E-state index is -5.03. The van der Waals surface area contributed by atoms with Gasteiger partial charge in [0.25, 0.3) is 5.91 Å². The Morgan fingerprint density at radius 3 is 2.34 bits per heavy atom. The summed E-state index contributed by atoms with van der Waals surface area (Å²) in [6, 6.07) is 4.95. The fourth-order valence-corrected chi connectivity index (χ4v) is 9.99. The zero-order valence-corrected chi connectivity index (χ0v) is 38.3. The van der Waals surface area contributed by atoms with E-state index in [1.54, 1.807) is 46.1 Å². The molecule has 4 aromatic rings. The summed E-state index contributed by atoms with van der Waals surface area (Å²) in [4.78, 5) is 54.3. The van der Waals surface area contributed by atoms with Crippen LogP contribution in [0.15, 0.2) is 59.7 Å². The summed E-state index contributed by atoms with van der Waals surface area (Å²) in [5.74, 6) is -2.94. The Morgan fingerprint density at radius 1 is 1.06 bits per heavy atom. The summed E-state index contributed by atoms with van der Waals surface area (Å²) in [5.41, 5.74) is 0.940. The van der Waals surface area contributed by atoms with E-state index < -0.39 is 79.2 Å². The number of rotatable bonds is 13. The summed E-state index contributed by atoms with van der Waals surface area (Å²) < 4.78 is 95.3. The SMILES string of the molecule is C=C=C1CC1(NC(=O)[C@@H]1C[C@@H](Oc2cc(-c3nc(C(C)C)cs3)nc3c(C)c(OC)ccc23)CN1C(=O)[C@@H](Nc1ccc(F)c(C(F)(F)F)c1)C(C)(C)C)C(=O)NS(=O)(=O)C1(C)CC1. The van der Waals surface area contributed by atoms with E-state index in [0.29, 0.717) is 58.1 Å². The molecule has 0 bridgehead atoms. The second-order valence-electron chi connectivity index (χ2n) is 18.3. The number of benzene rings is 2. The topological polar surface area (TPSA) is 169 Å². The molecule has 4 atom stereocenters. The normalized spacial score (nSPS) is 21.0. The molecule has 19 heteroatoms. The van der Waals surface area contributed by atoms with Crippen LogP contribution < -0.4 is 24.8 Å². The van der Waals surface area contributed by atoms with Crippen molar-refractivity contribution in [2.45, 2.75) is 115 Å². The van der Waals surface area contributed by atoms with E-state index in [1.807, 2.05) is 26.2 Å². The number of carbonyl (C=O) groups excluding carboxylic acids is 3. The Bertz CT molecular complexity index is 2720. The van der Waals surface area contributed by atoms with Gasteiger partial charge in [0.15, 0.2) is 5.54 Å². The van der Waals surface area contributed by atoms with Gasteiger partial charge in [-0.1, -0.05) is 41.2 Å². The Morgan fingerprint density at radius 2 is 1.77 bits per heavy atom. The molecule has 3 amide bonds. The minimum Gasteiger partial charge on any atom is -0.496 e. The van der Waals surface area contributed by atoms with E-state index in [-0.39, 0.29) is 36.6 Å². The third-order valence-electron chi connectivity index (χ3n) is 12.1. The summed E-state index contributed by atoms with van der Waals surface area (Å²) in [7, 11) is -2.58. The van der Waals surface area contributed by atoms with Crippen LogP contribution in [-0.2, 0) is 30.6 Å². The molecule has 0 spiro atoms. The summed E-state index contributed by atoms with van der Waals surface area (Å²) >= 11 is 1.41. The third-order valence-corrected chi connectivity index (χ3v) is 15.2. The van der Waals surface area contributed by atoms with Crippen LogP contribution in [-0.4, -0.2) is 83.1 Å². The zero-order chi connectivity index (χ0) is 46.9. The van der Waals surface area contributed by atoms with Crippen molar-refractivity contribution in [3.63, 3.8) is 0 Å². The first kappa shape index (κ1) is 46.5. The van der Waals surface area contributed by atoms with Crippen molar-refractivity contribution < 1.29 is 49.8 Å². The first-order valence-electron chi connectivity index (χ1n) is 20.6. The van der Waals surface area contributed by atoms with Crippen LogP contribution in [0.1, 0.15) is 90.0 Å². The molecule has 7 rings (SSSR count). The van der Waals surface area contributed by atoms with Crippen molar-refractivity contribution in [2.24, 2.45) is 5.41 Å². The molecule has 2 aromatic carbocycles. The van der Waals surface area contributed by atoms with Gasteiger partial charge >= 0.3 is 6.18 Å². The number of nitrogens with one attached hydrogen (secondary N) is 3. The number of sulfonamides is 1. The average Bonchev–Trinajstić information content (AvgIpc) is 4.00. The number of hydrogen-bond acceptors (Lipinski definition) is 11. The van der Waals surface area contributed by atoms with E-state index in [1.165, 1.54) is 23.2 Å². The smallest absolute Gasteiger partial charge is 0.419 e. The number of carbonyl (C=O) groups is 3. The maximum absolute atomic E-state index is 14.9. The Kier molecular flexibility index (Phi) is 12.0. The number of ether oxygens (including phenoxy) is 2. The number of hydrogen-bond donors (Lipinski definition) is 3. The molecule has 2 aromatic heterocycles. The molecular formula is C45H50F4N6O7S2. The van der Waals surface area contributed by atoms with Crippen molar-refractivity contribution in [1.29, 1.82) is 0 Å². The summed E-state index contributed by atoms with van der Waals surface area (Å²) in [6.45, 7) is 15.8. The highest BCUT2D eigenvalue weighted by atomic mass is 32.2. The Balaban J connectivity index is 1.27. The summed E-state index contributed by atoms with van der Waals surface area (Å²) in [5, 5.41) is 8.74. The number of anilines is 1. The van der Waals surface area contributed by atoms with Crippen molar-refractivity contribution in [1.82, 2.24) is 24.9 Å². The molecule has 1 aliphatic heterocycles. The number of thiazole rings is 1. The van der Waals surface area contributed by atoms with Crippen molar-refractivity contribution in [3.05, 3.63) is 82.3 Å². The van der Waals surface area contributed by atoms with Gasteiger partial charge in [-0.25, -0.2) is 22.8 Å². The highest BCUT2D eigenvalue weighted by Crippen LogP contribution is 2.46. The lowest BCUT2D eigenvalue weighted by Crippen LogP contribution is -2.58. The van der Waals surface area contributed by atoms with E-state index in [0.717, 1.165) is 17.3 Å². The molecule has 2 aliphatic carbocycles. The number of methoxy groups -OCH3 is 1. The lowest BCUT2D eigenvalue weighted by atomic mass is 9.85. The molecule has 3 aliphatic rings. The van der Waals surface area contributed by atoms with Crippen LogP contribution in [0.25, 0.3) is 21.6 Å². The van der Waals surface area contributed by atoms with Crippen molar-refractivity contribution in [2.75, 3.05) is 19.0 Å². The first-order valence-corrected chi connectivity index (χ1v) is 23.0. The number of likely N-dealkylation sites (tertiary alicyclic amines) is 1. The van der Waals surface area contributed by atoms with E-state index in [2.05, 4.69) is 27.7 Å². The zero-order valence-electron chi connectivity index (χ0n) is 36.6. The van der Waals surface area contributed by atoms with Crippen molar-refractivity contribution in [3.8, 4) is 22.2 Å². The summed E-state index contributed by atoms with van der Waals surface area (Å²) in [6.07, 6.45) is -5.44. The lowest BCUT2D eigenvalue weighted by molar-refractivity contribution is -0.141. The third kappa shape index (κ3) is 8.81. The number of aromatic nitrogens is 2. The van der Waals surface area contributed by atoms with Crippen LogP contribution >= 0.6 is 11.3 Å². The van der Waals surface area contributed by atoms with Gasteiger partial charge in [-0.05, 0) is 68.4 Å². The number of pyridine rings is 1. The number of nitrogens with zero attached hydrogens (tertiary/aromatic N) is 3. The van der Waals surface area contributed by atoms with Gasteiger partial charge in [0.1, 0.15) is 46.2 Å². The molecule has 3 fully saturated rings. The van der Waals surface area contributed by atoms with Crippen LogP contribution in [0.3, 0.4) is 0 Å². The average molecular weight is 927 g/mol. The van der Waals surface area contributed by atoms with Gasteiger partial charge in [0.05, 0.1) is 35.2 Å². The molecule has 64 heavy (non-hydrogen) atoms. The second-order valence-corrected chi connectivity index (χ2v) is 21.3. The van der Waals surface area contributed by atoms with E-state index >= 15 is 0 Å². The number of amides is 3. The van der Waals surface area contributed by atoms with Crippen LogP contribution in [0, 0.1) is 18.2 Å². The molecule has 3 N–H and O–H groups in total. The number of fused-ring (bicyclic) bond motifs is 1. The van der Waals surface area contributed by atoms with E-state index in [9.17, 15) is 40.4 Å². The maximum atomic E-state index is 14.9. The molecule has 1 saturated heterocycles. The molecule has 1 unspecified atom stereocenters. The molecular weight excluding hydrogens is 877 g/mol. The number of halogens is 4. The first-order chi connectivity index (χ1) is 29.8. The molecule has 13 nitrogen and oxygen atoms in total. The Labute approximate surface area is 372 Å². The largest absolute Gasteiger partial charge is 0.496 e. The fraction of sp³-hybridized carbons (Fsp3) is 0.467. The number of alkyl halides is 3. The Hall–Kier alpha value is -5.52. The van der Waals surface area contributed by atoms with Gasteiger partial charge in [-0.2, -0.15) is 13.2 Å². The van der Waals surface area contributed by atoms with Gasteiger partial charge < -0.3 is 25.0 Å². The predicted octanol–water partition coefficient (Wildman–Crippen LogP) is 7.80. The minimum absolute atomic E-state index is 0.0942. The monoisotopic (exact) mass is 926 g/mol. The van der Waals surface area contributed by atoms with Crippen LogP contribution in [0.4, 0.5) is 23.2 Å². The predicted molar refractivity (Wildman–Crippen MR) is 234 cm³/mol. The fourth-order valence-electron chi connectivity index (χ4n) is 7.74. The van der Waals surface area contributed by atoms with Gasteiger partial charge in [0, 0.05) is 46.5 Å². The van der Waals surface area contributed by atoms with Crippen LogP contribution in [0.2, 0.25) is 0 Å². The maximum Gasteiger partial charge on any atom is 0.419 e. The van der Waals surface area contributed by atoms with Crippen LogP contribution in [0.5, 0.6) is 11.5 Å². The lowest BCUT2D eigenvalue weighted by Gasteiger charge is -2.36. The molecule has 342 valence electrons. The molecule has 0 radical (unpaired) electrons. The van der Waals surface area contributed by atoms with E-state index in [4.69, 9.17) is 19.4 Å². The second kappa shape index (κ2) is 16.5. The highest BCUT2D eigenvalue weighted by Gasteiger charge is 2.61. The standard InChI is InChI=1S/C45H50F4N6O7S2/c1-10-25-20-44(25,41(58)54-64(59,60)43(8)15-16-43)53-38(56)33-18-27(21-55(33)40(57)37(42(5,6)7)50-26-11-13-30(46)29(17-26)45(47,48)49)62-35-19-31(39-52-32(22-63-39)23(2)3)51-36-24(4)34(61-9)14-12-28(35)36/h11-14,17,19,22-23,27,33,37,50H,1,15-16,18,20-21H2,2-9H3,(H,53,56)(H,54,58)/t27-,33+,37-,44?/m1/s1. The quantitative estimate of drug-likeness (QED) is 0.0889. The number of aryl methyl sites for hydroxylation is 1. The van der Waals surface area contributed by atoms with Crippen molar-refractivity contribution >= 4 is 55.7 Å². The van der Waals surface area contributed by atoms with Gasteiger partial charge in [-0.15, -0.1) is 17.1 Å².